The highest BCUT2D eigenvalue weighted by Gasteiger charge is 2.45. The van der Waals surface area contributed by atoms with Crippen LogP contribution in [0.1, 0.15) is 24.8 Å². The second-order valence-electron chi connectivity index (χ2n) is 9.63. The minimum absolute atomic E-state index is 0.181. The average Bonchev–Trinajstić information content (AvgIpc) is 2.98. The van der Waals surface area contributed by atoms with Gasteiger partial charge in [-0.2, -0.15) is 4.99 Å². The average molecular weight is 521 g/mol. The van der Waals surface area contributed by atoms with Crippen LogP contribution in [0.4, 0.5) is 5.69 Å². The van der Waals surface area contributed by atoms with Gasteiger partial charge >= 0.3 is 0 Å². The van der Waals surface area contributed by atoms with Gasteiger partial charge in [0.25, 0.3) is 0 Å². The minimum Gasteiger partial charge on any atom is -0.369 e. The van der Waals surface area contributed by atoms with Gasteiger partial charge in [-0.1, -0.05) is 66.7 Å². The van der Waals surface area contributed by atoms with E-state index in [0.29, 0.717) is 5.96 Å². The molecule has 4 aromatic rings. The zero-order valence-electron chi connectivity index (χ0n) is 21.7. The van der Waals surface area contributed by atoms with Crippen molar-refractivity contribution >= 4 is 40.8 Å². The van der Waals surface area contributed by atoms with Crippen LogP contribution in [0.25, 0.3) is 0 Å². The highest BCUT2D eigenvalue weighted by atomic mass is 31.2. The van der Waals surface area contributed by atoms with Crippen molar-refractivity contribution in [2.24, 2.45) is 21.5 Å². The molecule has 1 saturated heterocycles. The van der Waals surface area contributed by atoms with Crippen LogP contribution < -0.4 is 27.4 Å². The summed E-state index contributed by atoms with van der Waals surface area (Å²) >= 11 is 0. The highest BCUT2D eigenvalue weighted by Crippen LogP contribution is 2.58. The highest BCUT2D eigenvalue weighted by molar-refractivity contribution is 7.95. The van der Waals surface area contributed by atoms with Crippen LogP contribution in [0.3, 0.4) is 0 Å². The van der Waals surface area contributed by atoms with Gasteiger partial charge in [0.05, 0.1) is 11.8 Å². The fraction of sp³-hybridized carbons (Fsp3) is 0.188. The SMILES string of the molecule is NC(=Nc1cccc(C[P+](c2ccccc2)(c2ccccc2)c2ccccc2)c1)/N=C(\N)N1CCCCC1. The summed E-state index contributed by atoms with van der Waals surface area (Å²) in [6, 6.07) is 41.1. The van der Waals surface area contributed by atoms with Crippen LogP contribution in [-0.4, -0.2) is 29.9 Å². The van der Waals surface area contributed by atoms with Gasteiger partial charge < -0.3 is 16.4 Å². The van der Waals surface area contributed by atoms with Crippen molar-refractivity contribution in [3.63, 3.8) is 0 Å². The van der Waals surface area contributed by atoms with Crippen molar-refractivity contribution in [1.82, 2.24) is 4.90 Å². The maximum absolute atomic E-state index is 6.23. The van der Waals surface area contributed by atoms with E-state index < -0.39 is 7.26 Å². The van der Waals surface area contributed by atoms with E-state index in [1.54, 1.807) is 0 Å². The number of nitrogens with two attached hydrogens (primary N) is 2. The molecule has 5 rings (SSSR count). The Hall–Kier alpha value is -3.95. The number of nitrogens with zero attached hydrogens (tertiary/aromatic N) is 3. The van der Waals surface area contributed by atoms with E-state index in [2.05, 4.69) is 124 Å². The molecule has 1 heterocycles. The normalized spacial score (nSPS) is 14.9. The Bertz CT molecular complexity index is 1280. The van der Waals surface area contributed by atoms with Gasteiger partial charge in [-0.3, -0.25) is 0 Å². The molecule has 1 aliphatic heterocycles. The van der Waals surface area contributed by atoms with E-state index in [0.717, 1.165) is 37.8 Å². The van der Waals surface area contributed by atoms with Crippen LogP contribution in [0.5, 0.6) is 0 Å². The van der Waals surface area contributed by atoms with E-state index >= 15 is 0 Å². The first-order valence-electron chi connectivity index (χ1n) is 13.2. The standard InChI is InChI=1S/C32H35N5P/c33-31(36-32(34)37-22-11-4-12-23-37)35-27-15-13-14-26(24-27)25-38(28-16-5-1-6-17-28,29-18-7-2-8-19-29)30-20-9-3-10-21-30/h1-3,5-10,13-21,24H,4,11-12,22-23,25H2,(H4,33,34,35,36)/q+1. The predicted octanol–water partition coefficient (Wildman–Crippen LogP) is 4.93. The second-order valence-corrected chi connectivity index (χ2v) is 13.1. The fourth-order valence-corrected chi connectivity index (χ4v) is 9.46. The van der Waals surface area contributed by atoms with E-state index in [4.69, 9.17) is 11.5 Å². The van der Waals surface area contributed by atoms with Crippen LogP contribution in [0.2, 0.25) is 0 Å². The lowest BCUT2D eigenvalue weighted by Gasteiger charge is -2.28. The molecule has 1 aliphatic rings. The van der Waals surface area contributed by atoms with Gasteiger partial charge in [0, 0.05) is 13.1 Å². The molecule has 0 atom stereocenters. The van der Waals surface area contributed by atoms with Crippen molar-refractivity contribution in [2.45, 2.75) is 25.4 Å². The van der Waals surface area contributed by atoms with Crippen molar-refractivity contribution in [2.75, 3.05) is 13.1 Å². The lowest BCUT2D eigenvalue weighted by Crippen LogP contribution is -2.41. The Morgan fingerprint density at radius 2 is 1.18 bits per heavy atom. The molecular formula is C32H35N5P+. The summed E-state index contributed by atoms with van der Waals surface area (Å²) in [5, 5.41) is 4.05. The molecule has 1 fully saturated rings. The topological polar surface area (TPSA) is 80.0 Å². The number of guanidine groups is 2. The van der Waals surface area contributed by atoms with Gasteiger partial charge in [-0.25, -0.2) is 4.99 Å². The molecule has 4 N–H and O–H groups in total. The maximum atomic E-state index is 6.23. The Morgan fingerprint density at radius 1 is 0.658 bits per heavy atom. The molecule has 5 nitrogen and oxygen atoms in total. The summed E-state index contributed by atoms with van der Waals surface area (Å²) in [6.45, 7) is 1.84. The van der Waals surface area contributed by atoms with Crippen molar-refractivity contribution in [3.05, 3.63) is 121 Å². The minimum atomic E-state index is -2.00. The lowest BCUT2D eigenvalue weighted by molar-refractivity contribution is 0.339. The molecule has 0 unspecified atom stereocenters. The zero-order chi connectivity index (χ0) is 26.2. The summed E-state index contributed by atoms with van der Waals surface area (Å²) < 4.78 is 0. The number of benzene rings is 4. The van der Waals surface area contributed by atoms with Crippen LogP contribution in [-0.2, 0) is 6.16 Å². The van der Waals surface area contributed by atoms with E-state index in [1.165, 1.54) is 27.9 Å². The van der Waals surface area contributed by atoms with Crippen LogP contribution >= 0.6 is 7.26 Å². The van der Waals surface area contributed by atoms with Crippen molar-refractivity contribution in [1.29, 1.82) is 0 Å². The molecule has 192 valence electrons. The summed E-state index contributed by atoms with van der Waals surface area (Å²) in [6.07, 6.45) is 4.36. The maximum Gasteiger partial charge on any atom is 0.223 e. The zero-order valence-corrected chi connectivity index (χ0v) is 22.6. The quantitative estimate of drug-likeness (QED) is 0.215. The van der Waals surface area contributed by atoms with E-state index in [-0.39, 0.29) is 5.96 Å². The summed E-state index contributed by atoms with van der Waals surface area (Å²) in [4.78, 5) is 11.1. The molecule has 0 spiro atoms. The fourth-order valence-electron chi connectivity index (χ4n) is 5.24. The molecule has 6 heteroatoms. The number of hydrogen-bond donors (Lipinski definition) is 2. The van der Waals surface area contributed by atoms with Crippen molar-refractivity contribution in [3.8, 4) is 0 Å². The first kappa shape index (κ1) is 25.7. The van der Waals surface area contributed by atoms with Gasteiger partial charge in [0.15, 0.2) is 5.96 Å². The molecular weight excluding hydrogens is 485 g/mol. The van der Waals surface area contributed by atoms with Gasteiger partial charge in [-0.05, 0) is 73.4 Å². The monoisotopic (exact) mass is 520 g/mol. The van der Waals surface area contributed by atoms with Gasteiger partial charge in [0.2, 0.25) is 5.96 Å². The first-order chi connectivity index (χ1) is 18.6. The lowest BCUT2D eigenvalue weighted by atomic mass is 10.1. The Labute approximate surface area is 226 Å². The smallest absolute Gasteiger partial charge is 0.223 e. The molecule has 0 saturated carbocycles. The summed E-state index contributed by atoms with van der Waals surface area (Å²) in [5.41, 5.74) is 14.4. The molecule has 38 heavy (non-hydrogen) atoms. The number of aliphatic imine (C=N–C) groups is 2. The van der Waals surface area contributed by atoms with E-state index in [1.807, 2.05) is 6.07 Å². The largest absolute Gasteiger partial charge is 0.369 e. The Kier molecular flexibility index (Phi) is 8.15. The Morgan fingerprint density at radius 3 is 1.71 bits per heavy atom. The molecule has 4 aromatic carbocycles. The first-order valence-corrected chi connectivity index (χ1v) is 15.2. The summed E-state index contributed by atoms with van der Waals surface area (Å²) in [5.74, 6) is 0.629. The summed E-state index contributed by atoms with van der Waals surface area (Å²) in [7, 11) is -2.00. The van der Waals surface area contributed by atoms with Crippen molar-refractivity contribution < 1.29 is 0 Å². The predicted molar refractivity (Wildman–Crippen MR) is 164 cm³/mol. The molecule has 0 bridgehead atoms. The number of hydrogen-bond acceptors (Lipinski definition) is 1. The van der Waals surface area contributed by atoms with Crippen LogP contribution in [0, 0.1) is 0 Å². The van der Waals surface area contributed by atoms with Gasteiger partial charge in [-0.15, -0.1) is 0 Å². The molecule has 0 aliphatic carbocycles. The van der Waals surface area contributed by atoms with Crippen LogP contribution in [0.15, 0.2) is 125 Å². The third-order valence-corrected chi connectivity index (χ3v) is 11.5. The van der Waals surface area contributed by atoms with Gasteiger partial charge in [0.1, 0.15) is 23.2 Å². The number of likely N-dealkylation sites (tertiary alicyclic amines) is 1. The second kappa shape index (κ2) is 12.1. The van der Waals surface area contributed by atoms with E-state index in [9.17, 15) is 0 Å². The number of rotatable bonds is 6. The molecule has 0 aromatic heterocycles. The molecule has 0 amide bonds. The number of piperidine rings is 1. The third-order valence-electron chi connectivity index (χ3n) is 7.07. The Balaban J connectivity index is 1.54. The molecule has 0 radical (unpaired) electrons. The third kappa shape index (κ3) is 5.79.